The second-order valence-electron chi connectivity index (χ2n) is 5.18. The van der Waals surface area contributed by atoms with E-state index in [1.807, 2.05) is 6.07 Å². The molecule has 0 aliphatic rings. The van der Waals surface area contributed by atoms with Crippen molar-refractivity contribution in [3.8, 4) is 11.3 Å². The highest BCUT2D eigenvalue weighted by molar-refractivity contribution is 5.88. The number of rotatable bonds is 2. The smallest absolute Gasteiger partial charge is 0.272 e. The number of hydrogen-bond donors (Lipinski definition) is 2. The number of pyridine rings is 1. The molecule has 0 saturated carbocycles. The highest BCUT2D eigenvalue weighted by Gasteiger charge is 2.11. The Labute approximate surface area is 129 Å². The molecule has 0 amide bonds. The minimum Gasteiger partial charge on any atom is -0.325 e. The number of aromatic nitrogens is 4. The maximum absolute atomic E-state index is 13.5. The molecule has 4 rings (SSSR count). The maximum Gasteiger partial charge on any atom is 0.272 e. The van der Waals surface area contributed by atoms with Crippen molar-refractivity contribution >= 4 is 16.4 Å². The Kier molecular flexibility index (Phi) is 2.95. The number of nitrogens with two attached hydrogens (primary N) is 1. The van der Waals surface area contributed by atoms with Gasteiger partial charge in [-0.2, -0.15) is 5.10 Å². The molecule has 114 valence electrons. The second-order valence-corrected chi connectivity index (χ2v) is 5.18. The number of imidazole rings is 1. The van der Waals surface area contributed by atoms with E-state index < -0.39 is 0 Å². The molecule has 0 aliphatic carbocycles. The number of hydrogen-bond acceptors (Lipinski definition) is 4. The van der Waals surface area contributed by atoms with Crippen molar-refractivity contribution in [1.29, 1.82) is 0 Å². The summed E-state index contributed by atoms with van der Waals surface area (Å²) in [4.78, 5) is 16.1. The normalized spacial score (nSPS) is 11.4. The lowest BCUT2D eigenvalue weighted by atomic mass is 10.1. The van der Waals surface area contributed by atoms with E-state index in [4.69, 9.17) is 5.73 Å². The lowest BCUT2D eigenvalue weighted by Crippen LogP contribution is -2.13. The Morgan fingerprint density at radius 1 is 1.22 bits per heavy atom. The van der Waals surface area contributed by atoms with Gasteiger partial charge in [-0.1, -0.05) is 6.07 Å². The zero-order valence-corrected chi connectivity index (χ0v) is 12.0. The molecule has 0 atom stereocenters. The standard InChI is InChI=1S/C16H12FN5O/c17-10-2-4-15-19-7-14(22(15)8-10)9-1-3-11-12(5-9)13(6-18)20-21-16(11)23/h1-5,7-8H,6,18H2,(H,21,23). The van der Waals surface area contributed by atoms with Crippen LogP contribution in [0, 0.1) is 5.82 Å². The molecule has 3 aromatic heterocycles. The quantitative estimate of drug-likeness (QED) is 0.591. The highest BCUT2D eigenvalue weighted by Crippen LogP contribution is 2.25. The first-order valence-corrected chi connectivity index (χ1v) is 7.02. The van der Waals surface area contributed by atoms with Gasteiger partial charge in [-0.3, -0.25) is 9.20 Å². The van der Waals surface area contributed by atoms with Crippen LogP contribution in [0.15, 0.2) is 47.5 Å². The summed E-state index contributed by atoms with van der Waals surface area (Å²) >= 11 is 0. The number of benzene rings is 1. The lowest BCUT2D eigenvalue weighted by molar-refractivity contribution is 0.619. The van der Waals surface area contributed by atoms with Crippen molar-refractivity contribution < 1.29 is 4.39 Å². The largest absolute Gasteiger partial charge is 0.325 e. The van der Waals surface area contributed by atoms with E-state index in [2.05, 4.69) is 15.2 Å². The fraction of sp³-hybridized carbons (Fsp3) is 0.0625. The molecule has 6 nitrogen and oxygen atoms in total. The number of halogens is 1. The minimum atomic E-state index is -0.349. The summed E-state index contributed by atoms with van der Waals surface area (Å²) in [7, 11) is 0. The molecule has 0 bridgehead atoms. The van der Waals surface area contributed by atoms with Gasteiger partial charge in [0.05, 0.1) is 23.0 Å². The summed E-state index contributed by atoms with van der Waals surface area (Å²) in [5, 5.41) is 7.61. The Bertz CT molecular complexity index is 1100. The average molecular weight is 309 g/mol. The van der Waals surface area contributed by atoms with Gasteiger partial charge in [-0.15, -0.1) is 0 Å². The van der Waals surface area contributed by atoms with Crippen LogP contribution in [0.4, 0.5) is 4.39 Å². The summed E-state index contributed by atoms with van der Waals surface area (Å²) in [6.07, 6.45) is 3.04. The summed E-state index contributed by atoms with van der Waals surface area (Å²) in [5.74, 6) is -0.349. The minimum absolute atomic E-state index is 0.207. The predicted octanol–water partition coefficient (Wildman–Crippen LogP) is 1.84. The van der Waals surface area contributed by atoms with Crippen LogP contribution in [0.5, 0.6) is 0 Å². The van der Waals surface area contributed by atoms with Gasteiger partial charge in [0.15, 0.2) is 0 Å². The first-order valence-electron chi connectivity index (χ1n) is 7.02. The molecule has 0 fully saturated rings. The van der Waals surface area contributed by atoms with Gasteiger partial charge in [0, 0.05) is 23.7 Å². The van der Waals surface area contributed by atoms with E-state index in [0.29, 0.717) is 22.1 Å². The molecule has 3 N–H and O–H groups in total. The average Bonchev–Trinajstić information content (AvgIpc) is 2.98. The molecular weight excluding hydrogens is 297 g/mol. The molecule has 0 spiro atoms. The Morgan fingerprint density at radius 3 is 2.91 bits per heavy atom. The highest BCUT2D eigenvalue weighted by atomic mass is 19.1. The number of nitrogens with one attached hydrogen (secondary N) is 1. The topological polar surface area (TPSA) is 89.1 Å². The number of fused-ring (bicyclic) bond motifs is 2. The second kappa shape index (κ2) is 4.99. The molecule has 3 heterocycles. The van der Waals surface area contributed by atoms with Crippen LogP contribution in [-0.2, 0) is 6.54 Å². The third-order valence-corrected chi connectivity index (χ3v) is 3.83. The summed E-state index contributed by atoms with van der Waals surface area (Å²) < 4.78 is 15.2. The lowest BCUT2D eigenvalue weighted by Gasteiger charge is -2.06. The molecule has 7 heteroatoms. The van der Waals surface area contributed by atoms with E-state index >= 15 is 0 Å². The van der Waals surface area contributed by atoms with Gasteiger partial charge in [0.1, 0.15) is 11.5 Å². The monoisotopic (exact) mass is 309 g/mol. The number of aromatic amines is 1. The van der Waals surface area contributed by atoms with Crippen molar-refractivity contribution in [2.24, 2.45) is 5.73 Å². The Hall–Kier alpha value is -3.06. The SMILES string of the molecule is NCc1n[nH]c(=O)c2ccc(-c3cnc4ccc(F)cn34)cc12. The molecule has 23 heavy (non-hydrogen) atoms. The molecule has 0 radical (unpaired) electrons. The van der Waals surface area contributed by atoms with E-state index in [0.717, 1.165) is 11.3 Å². The van der Waals surface area contributed by atoms with E-state index in [1.54, 1.807) is 28.8 Å². The van der Waals surface area contributed by atoms with Crippen LogP contribution in [0.2, 0.25) is 0 Å². The summed E-state index contributed by atoms with van der Waals surface area (Å²) in [5.41, 5.74) is 8.19. The van der Waals surface area contributed by atoms with Gasteiger partial charge in [-0.05, 0) is 24.3 Å². The van der Waals surface area contributed by atoms with Crippen LogP contribution in [0.3, 0.4) is 0 Å². The number of nitrogens with zero attached hydrogens (tertiary/aromatic N) is 3. The van der Waals surface area contributed by atoms with E-state index in [9.17, 15) is 9.18 Å². The fourth-order valence-electron chi connectivity index (χ4n) is 2.70. The number of H-pyrrole nitrogens is 1. The van der Waals surface area contributed by atoms with Crippen molar-refractivity contribution in [3.63, 3.8) is 0 Å². The summed E-state index contributed by atoms with van der Waals surface area (Å²) in [6.45, 7) is 0.207. The zero-order chi connectivity index (χ0) is 16.0. The van der Waals surface area contributed by atoms with Gasteiger partial charge >= 0.3 is 0 Å². The van der Waals surface area contributed by atoms with Crippen molar-refractivity contribution in [3.05, 3.63) is 64.6 Å². The first-order chi connectivity index (χ1) is 11.2. The van der Waals surface area contributed by atoms with Crippen LogP contribution in [0.25, 0.3) is 27.7 Å². The Morgan fingerprint density at radius 2 is 2.09 bits per heavy atom. The Balaban J connectivity index is 2.01. The molecule has 0 aliphatic heterocycles. The van der Waals surface area contributed by atoms with Gasteiger partial charge < -0.3 is 5.73 Å². The van der Waals surface area contributed by atoms with Crippen LogP contribution >= 0.6 is 0 Å². The third-order valence-electron chi connectivity index (χ3n) is 3.83. The first kappa shape index (κ1) is 13.6. The van der Waals surface area contributed by atoms with Crippen molar-refractivity contribution in [2.75, 3.05) is 0 Å². The molecule has 0 unspecified atom stereocenters. The van der Waals surface area contributed by atoms with Gasteiger partial charge in [0.25, 0.3) is 5.56 Å². The van der Waals surface area contributed by atoms with Crippen molar-refractivity contribution in [1.82, 2.24) is 19.6 Å². The maximum atomic E-state index is 13.5. The molecular formula is C16H12FN5O. The van der Waals surface area contributed by atoms with Crippen LogP contribution in [0.1, 0.15) is 5.69 Å². The van der Waals surface area contributed by atoms with E-state index in [1.165, 1.54) is 12.3 Å². The van der Waals surface area contributed by atoms with Crippen LogP contribution < -0.4 is 11.3 Å². The molecule has 1 aromatic carbocycles. The predicted molar refractivity (Wildman–Crippen MR) is 84.4 cm³/mol. The fourth-order valence-corrected chi connectivity index (χ4v) is 2.70. The van der Waals surface area contributed by atoms with Crippen LogP contribution in [-0.4, -0.2) is 19.6 Å². The van der Waals surface area contributed by atoms with Gasteiger partial charge in [-0.25, -0.2) is 14.5 Å². The third kappa shape index (κ3) is 2.09. The molecule has 4 aromatic rings. The summed E-state index contributed by atoms with van der Waals surface area (Å²) in [6, 6.07) is 8.31. The molecule has 0 saturated heterocycles. The zero-order valence-electron chi connectivity index (χ0n) is 12.0. The van der Waals surface area contributed by atoms with Crippen molar-refractivity contribution in [2.45, 2.75) is 6.54 Å². The van der Waals surface area contributed by atoms with Gasteiger partial charge in [0.2, 0.25) is 0 Å². The van der Waals surface area contributed by atoms with E-state index in [-0.39, 0.29) is 17.9 Å².